The van der Waals surface area contributed by atoms with Crippen LogP contribution in [0.3, 0.4) is 0 Å². The molecule has 0 heterocycles. The molecule has 2 unspecified atom stereocenters. The van der Waals surface area contributed by atoms with Gasteiger partial charge in [0, 0.05) is 6.61 Å². The summed E-state index contributed by atoms with van der Waals surface area (Å²) in [5.41, 5.74) is 0. The first-order valence-corrected chi connectivity index (χ1v) is 24.2. The summed E-state index contributed by atoms with van der Waals surface area (Å²) in [6.45, 7) is 9.20. The van der Waals surface area contributed by atoms with Gasteiger partial charge in [0.2, 0.25) is 0 Å². The van der Waals surface area contributed by atoms with E-state index in [1.54, 1.807) is 0 Å². The molecule has 0 bridgehead atoms. The average molecular weight is 762 g/mol. The Bertz CT molecular complexity index is 794. The second kappa shape index (κ2) is 35.1. The van der Waals surface area contributed by atoms with Crippen LogP contribution in [-0.4, -0.2) is 61.4 Å². The second-order valence-electron chi connectivity index (χ2n) is 17.7. The number of carbonyl (C=O) groups is 2. The fraction of sp³-hybridized carbons (Fsp3) is 0.958. The highest BCUT2D eigenvalue weighted by Gasteiger charge is 2.25. The van der Waals surface area contributed by atoms with Gasteiger partial charge in [-0.2, -0.15) is 0 Å². The lowest BCUT2D eigenvalue weighted by Crippen LogP contribution is -2.27. The van der Waals surface area contributed by atoms with Gasteiger partial charge in [0.05, 0.1) is 25.0 Å². The van der Waals surface area contributed by atoms with Crippen LogP contribution in [-0.2, 0) is 19.1 Å². The summed E-state index contributed by atoms with van der Waals surface area (Å²) in [7, 11) is 0. The van der Waals surface area contributed by atoms with Gasteiger partial charge in [-0.05, 0) is 109 Å². The van der Waals surface area contributed by atoms with E-state index in [9.17, 15) is 14.7 Å². The smallest absolute Gasteiger partial charge is 0.308 e. The molecule has 0 saturated heterocycles. The van der Waals surface area contributed by atoms with E-state index in [0.29, 0.717) is 13.2 Å². The van der Waals surface area contributed by atoms with Crippen LogP contribution in [0.25, 0.3) is 0 Å². The van der Waals surface area contributed by atoms with Crippen LogP contribution >= 0.6 is 0 Å². The molecule has 2 aliphatic rings. The Morgan fingerprint density at radius 3 is 1.26 bits per heavy atom. The maximum atomic E-state index is 13.0. The molecule has 2 fully saturated rings. The standard InChI is InChI=1S/C48H91NO5/c1-3-5-7-9-11-17-31-45(35-33-43-27-25-28-43)47(51)53-41-23-15-13-19-37-49(39-21-22-40-50)38-20-14-16-24-42-54-48(52)46(36-34-44-29-26-30-44)32-18-12-10-8-6-4-2/h43-46,50H,3-42H2,1-2H3. The van der Waals surface area contributed by atoms with E-state index in [1.807, 2.05) is 0 Å². The molecule has 0 spiro atoms. The highest BCUT2D eigenvalue weighted by molar-refractivity contribution is 5.72. The molecule has 0 aliphatic heterocycles. The van der Waals surface area contributed by atoms with Crippen LogP contribution in [0.15, 0.2) is 0 Å². The highest BCUT2D eigenvalue weighted by atomic mass is 16.5. The molecule has 0 radical (unpaired) electrons. The molecule has 0 aromatic carbocycles. The van der Waals surface area contributed by atoms with Gasteiger partial charge < -0.3 is 19.5 Å². The highest BCUT2D eigenvalue weighted by Crippen LogP contribution is 2.34. The summed E-state index contributed by atoms with van der Waals surface area (Å²) in [5.74, 6) is 2.07. The van der Waals surface area contributed by atoms with E-state index in [1.165, 1.54) is 154 Å². The fourth-order valence-corrected chi connectivity index (χ4v) is 8.48. The van der Waals surface area contributed by atoms with Crippen LogP contribution in [0.5, 0.6) is 0 Å². The molecule has 1 N–H and O–H groups in total. The van der Waals surface area contributed by atoms with Gasteiger partial charge >= 0.3 is 11.9 Å². The molecule has 6 nitrogen and oxygen atoms in total. The molecule has 2 atom stereocenters. The van der Waals surface area contributed by atoms with Crippen molar-refractivity contribution in [1.82, 2.24) is 4.90 Å². The van der Waals surface area contributed by atoms with Gasteiger partial charge in [-0.15, -0.1) is 0 Å². The monoisotopic (exact) mass is 762 g/mol. The number of ether oxygens (including phenoxy) is 2. The topological polar surface area (TPSA) is 76.1 Å². The molecule has 318 valence electrons. The molecular formula is C48H91NO5. The average Bonchev–Trinajstić information content (AvgIpc) is 3.13. The van der Waals surface area contributed by atoms with Crippen molar-refractivity contribution in [1.29, 1.82) is 0 Å². The van der Waals surface area contributed by atoms with E-state index in [0.717, 1.165) is 95.7 Å². The molecule has 2 aliphatic carbocycles. The minimum absolute atomic E-state index is 0.0722. The molecule has 2 rings (SSSR count). The molecule has 0 aromatic rings. The van der Waals surface area contributed by atoms with Crippen molar-refractivity contribution in [3.63, 3.8) is 0 Å². The third-order valence-corrected chi connectivity index (χ3v) is 12.9. The first-order valence-electron chi connectivity index (χ1n) is 24.2. The van der Waals surface area contributed by atoms with Gasteiger partial charge in [0.1, 0.15) is 0 Å². The van der Waals surface area contributed by atoms with Gasteiger partial charge in [0.15, 0.2) is 0 Å². The Morgan fingerprint density at radius 1 is 0.500 bits per heavy atom. The first kappa shape index (κ1) is 49.0. The minimum Gasteiger partial charge on any atom is -0.465 e. The van der Waals surface area contributed by atoms with Gasteiger partial charge in [0.25, 0.3) is 0 Å². The summed E-state index contributed by atoms with van der Waals surface area (Å²) in [4.78, 5) is 28.6. The Hall–Kier alpha value is -1.14. The lowest BCUT2D eigenvalue weighted by Gasteiger charge is -2.27. The third-order valence-electron chi connectivity index (χ3n) is 12.9. The summed E-state index contributed by atoms with van der Waals surface area (Å²) in [6, 6.07) is 0. The first-order chi connectivity index (χ1) is 26.6. The van der Waals surface area contributed by atoms with Crippen LogP contribution in [0, 0.1) is 23.7 Å². The van der Waals surface area contributed by atoms with Crippen molar-refractivity contribution in [2.45, 2.75) is 232 Å². The number of esters is 2. The number of nitrogens with zero attached hydrogens (tertiary/aromatic N) is 1. The summed E-state index contributed by atoms with van der Waals surface area (Å²) in [6.07, 6.45) is 40.7. The maximum Gasteiger partial charge on any atom is 0.308 e. The Morgan fingerprint density at radius 2 is 0.870 bits per heavy atom. The maximum absolute atomic E-state index is 13.0. The predicted octanol–water partition coefficient (Wildman–Crippen LogP) is 13.2. The second-order valence-corrected chi connectivity index (χ2v) is 17.7. The van der Waals surface area contributed by atoms with Crippen molar-refractivity contribution >= 4 is 11.9 Å². The van der Waals surface area contributed by atoms with Crippen molar-refractivity contribution in [2.75, 3.05) is 39.5 Å². The fourth-order valence-electron chi connectivity index (χ4n) is 8.48. The van der Waals surface area contributed by atoms with E-state index in [2.05, 4.69) is 18.7 Å². The molecule has 2 saturated carbocycles. The molecule has 6 heteroatoms. The Kier molecular flexibility index (Phi) is 31.8. The zero-order chi connectivity index (χ0) is 38.7. The van der Waals surface area contributed by atoms with Gasteiger partial charge in [-0.1, -0.05) is 155 Å². The molecule has 54 heavy (non-hydrogen) atoms. The largest absolute Gasteiger partial charge is 0.465 e. The van der Waals surface area contributed by atoms with Crippen LogP contribution in [0.4, 0.5) is 0 Å². The number of aliphatic hydroxyl groups excluding tert-OH is 1. The van der Waals surface area contributed by atoms with Crippen LogP contribution in [0.1, 0.15) is 232 Å². The van der Waals surface area contributed by atoms with Gasteiger partial charge in [-0.25, -0.2) is 0 Å². The van der Waals surface area contributed by atoms with E-state index < -0.39 is 0 Å². The lowest BCUT2D eigenvalue weighted by atomic mass is 9.80. The quantitative estimate of drug-likeness (QED) is 0.0495. The van der Waals surface area contributed by atoms with E-state index in [-0.39, 0.29) is 30.4 Å². The van der Waals surface area contributed by atoms with Crippen molar-refractivity contribution in [3.8, 4) is 0 Å². The van der Waals surface area contributed by atoms with Crippen molar-refractivity contribution in [2.24, 2.45) is 23.7 Å². The minimum atomic E-state index is 0.0722. The third kappa shape index (κ3) is 25.9. The van der Waals surface area contributed by atoms with Crippen molar-refractivity contribution < 1.29 is 24.2 Å². The molecular weight excluding hydrogens is 671 g/mol. The number of rotatable bonds is 40. The number of hydrogen-bond acceptors (Lipinski definition) is 6. The van der Waals surface area contributed by atoms with E-state index in [4.69, 9.17) is 9.47 Å². The number of hydrogen-bond donors (Lipinski definition) is 1. The summed E-state index contributed by atoms with van der Waals surface area (Å²) >= 11 is 0. The normalized spacial score (nSPS) is 15.9. The predicted molar refractivity (Wildman–Crippen MR) is 228 cm³/mol. The Balaban J connectivity index is 1.57. The van der Waals surface area contributed by atoms with Crippen molar-refractivity contribution in [3.05, 3.63) is 0 Å². The Labute approximate surface area is 335 Å². The zero-order valence-electron chi connectivity index (χ0n) is 36.1. The summed E-state index contributed by atoms with van der Waals surface area (Å²) in [5, 5.41) is 9.33. The molecule has 0 aromatic heterocycles. The summed E-state index contributed by atoms with van der Waals surface area (Å²) < 4.78 is 11.7. The van der Waals surface area contributed by atoms with Crippen LogP contribution < -0.4 is 0 Å². The number of aliphatic hydroxyl groups is 1. The van der Waals surface area contributed by atoms with Crippen LogP contribution in [0.2, 0.25) is 0 Å². The lowest BCUT2D eigenvalue weighted by molar-refractivity contribution is -0.150. The zero-order valence-corrected chi connectivity index (χ0v) is 36.1. The number of carbonyl (C=O) groups excluding carboxylic acids is 2. The van der Waals surface area contributed by atoms with E-state index >= 15 is 0 Å². The SMILES string of the molecule is CCCCCCCCC(CCC1CCC1)C(=O)OCCCCCCN(CCCCO)CCCCCCOC(=O)C(CCCCCCCC)CCC1CCC1. The number of unbranched alkanes of at least 4 members (excludes halogenated alkanes) is 17. The molecule has 0 amide bonds. The van der Waals surface area contributed by atoms with Gasteiger partial charge in [-0.3, -0.25) is 9.59 Å².